The molecule has 0 radical (unpaired) electrons. The molecular weight excluding hydrogens is 496 g/mol. The summed E-state index contributed by atoms with van der Waals surface area (Å²) in [6.07, 6.45) is 0.319. The maximum absolute atomic E-state index is 13.6. The molecule has 4 rings (SSSR count). The Morgan fingerprint density at radius 1 is 0.846 bits per heavy atom. The van der Waals surface area contributed by atoms with Crippen LogP contribution in [0.3, 0.4) is 0 Å². The Hall–Kier alpha value is -3.85. The molecule has 39 heavy (non-hydrogen) atoms. The number of Topliss-reactive ketones (excluding diaryl/α,β-unsaturated/α-hetero) is 1. The van der Waals surface area contributed by atoms with Crippen molar-refractivity contribution in [3.05, 3.63) is 84.4 Å². The second kappa shape index (κ2) is 12.3. The molecule has 3 atom stereocenters. The van der Waals surface area contributed by atoms with E-state index < -0.39 is 48.5 Å². The molecule has 3 unspecified atom stereocenters. The number of hydrogen-bond acceptors (Lipinski definition) is 6. The number of hydrogen-bond donors (Lipinski definition) is 4. The molecule has 0 bridgehead atoms. The van der Waals surface area contributed by atoms with Gasteiger partial charge in [0.05, 0.1) is 25.9 Å². The van der Waals surface area contributed by atoms with Crippen molar-refractivity contribution in [3.8, 4) is 22.3 Å². The molecule has 1 fully saturated rings. The fourth-order valence-corrected chi connectivity index (χ4v) is 4.53. The van der Waals surface area contributed by atoms with Crippen LogP contribution in [0.4, 0.5) is 0 Å². The van der Waals surface area contributed by atoms with Crippen LogP contribution in [0.1, 0.15) is 30.6 Å². The van der Waals surface area contributed by atoms with Crippen LogP contribution in [0.5, 0.6) is 0 Å². The van der Waals surface area contributed by atoms with Gasteiger partial charge in [-0.25, -0.2) is 0 Å². The summed E-state index contributed by atoms with van der Waals surface area (Å²) in [6, 6.07) is 22.4. The van der Waals surface area contributed by atoms with Crippen molar-refractivity contribution in [2.45, 2.75) is 38.0 Å². The molecule has 0 spiro atoms. The van der Waals surface area contributed by atoms with Gasteiger partial charge in [-0.2, -0.15) is 0 Å². The van der Waals surface area contributed by atoms with Crippen LogP contribution in [0.15, 0.2) is 78.9 Å². The van der Waals surface area contributed by atoms with Crippen molar-refractivity contribution in [1.29, 1.82) is 0 Å². The molecule has 8 nitrogen and oxygen atoms in total. The summed E-state index contributed by atoms with van der Waals surface area (Å²) in [5.41, 5.74) is 2.30. The third kappa shape index (κ3) is 6.60. The SMILES string of the molecule is CC(C)CC(NC(=O)C(CO)NC(=O)c1cc(-c2ccccc2)ccc1-c1ccccc1)C(=O)C1(CO)CO1. The number of epoxide rings is 1. The number of carbonyl (C=O) groups excluding carboxylic acids is 3. The van der Waals surface area contributed by atoms with Crippen molar-refractivity contribution in [2.75, 3.05) is 19.8 Å². The number of aliphatic hydroxyl groups is 2. The van der Waals surface area contributed by atoms with E-state index in [1.54, 1.807) is 6.07 Å². The van der Waals surface area contributed by atoms with Crippen molar-refractivity contribution in [2.24, 2.45) is 5.92 Å². The average molecular weight is 531 g/mol. The largest absolute Gasteiger partial charge is 0.394 e. The number of rotatable bonds is 12. The van der Waals surface area contributed by atoms with Crippen LogP contribution in [-0.2, 0) is 14.3 Å². The molecule has 0 aliphatic carbocycles. The number of nitrogens with one attached hydrogen (secondary N) is 2. The molecule has 204 valence electrons. The lowest BCUT2D eigenvalue weighted by Crippen LogP contribution is -2.55. The minimum atomic E-state index is -1.30. The first kappa shape index (κ1) is 28.2. The second-order valence-corrected chi connectivity index (χ2v) is 10.2. The molecule has 1 aliphatic heterocycles. The molecule has 1 aliphatic rings. The summed E-state index contributed by atoms with van der Waals surface area (Å²) in [5, 5.41) is 25.0. The van der Waals surface area contributed by atoms with E-state index in [-0.39, 0.29) is 12.5 Å². The molecular formula is C31H34N2O6. The van der Waals surface area contributed by atoms with E-state index in [0.717, 1.165) is 16.7 Å². The van der Waals surface area contributed by atoms with E-state index in [9.17, 15) is 24.6 Å². The third-order valence-corrected chi connectivity index (χ3v) is 6.80. The summed E-state index contributed by atoms with van der Waals surface area (Å²) in [6.45, 7) is 2.76. The van der Waals surface area contributed by atoms with Gasteiger partial charge in [-0.3, -0.25) is 14.4 Å². The van der Waals surface area contributed by atoms with Gasteiger partial charge in [0.2, 0.25) is 5.91 Å². The van der Waals surface area contributed by atoms with Gasteiger partial charge in [0.1, 0.15) is 6.04 Å². The summed E-state index contributed by atoms with van der Waals surface area (Å²) < 4.78 is 5.19. The van der Waals surface area contributed by atoms with E-state index in [0.29, 0.717) is 17.5 Å². The van der Waals surface area contributed by atoms with Gasteiger partial charge in [-0.1, -0.05) is 86.6 Å². The van der Waals surface area contributed by atoms with Crippen molar-refractivity contribution < 1.29 is 29.3 Å². The minimum Gasteiger partial charge on any atom is -0.394 e. The Morgan fingerprint density at radius 3 is 2.00 bits per heavy atom. The first-order valence-electron chi connectivity index (χ1n) is 13.0. The minimum absolute atomic E-state index is 0.0602. The first-order valence-corrected chi connectivity index (χ1v) is 13.0. The lowest BCUT2D eigenvalue weighted by atomic mass is 9.92. The second-order valence-electron chi connectivity index (χ2n) is 10.2. The lowest BCUT2D eigenvalue weighted by molar-refractivity contribution is -0.133. The smallest absolute Gasteiger partial charge is 0.252 e. The fourth-order valence-electron chi connectivity index (χ4n) is 4.53. The van der Waals surface area contributed by atoms with E-state index in [4.69, 9.17) is 4.74 Å². The topological polar surface area (TPSA) is 128 Å². The van der Waals surface area contributed by atoms with Gasteiger partial charge in [0.15, 0.2) is 11.4 Å². The van der Waals surface area contributed by atoms with Gasteiger partial charge in [0.25, 0.3) is 5.91 Å². The highest BCUT2D eigenvalue weighted by Gasteiger charge is 2.54. The van der Waals surface area contributed by atoms with Crippen molar-refractivity contribution in [3.63, 3.8) is 0 Å². The highest BCUT2D eigenvalue weighted by Crippen LogP contribution is 2.31. The van der Waals surface area contributed by atoms with Gasteiger partial charge in [0, 0.05) is 5.56 Å². The van der Waals surface area contributed by atoms with Crippen molar-refractivity contribution >= 4 is 17.6 Å². The molecule has 4 N–H and O–H groups in total. The summed E-state index contributed by atoms with van der Waals surface area (Å²) in [4.78, 5) is 39.8. The molecule has 1 heterocycles. The molecule has 8 heteroatoms. The maximum Gasteiger partial charge on any atom is 0.252 e. The van der Waals surface area contributed by atoms with E-state index in [1.807, 2.05) is 86.6 Å². The van der Waals surface area contributed by atoms with Crippen molar-refractivity contribution in [1.82, 2.24) is 10.6 Å². The van der Waals surface area contributed by atoms with Crippen LogP contribution in [0.25, 0.3) is 22.3 Å². The normalized spacial score (nSPS) is 17.8. The monoisotopic (exact) mass is 530 g/mol. The predicted molar refractivity (Wildman–Crippen MR) is 148 cm³/mol. The number of amides is 2. The Bertz CT molecular complexity index is 1310. The van der Waals surface area contributed by atoms with Gasteiger partial charge < -0.3 is 25.6 Å². The predicted octanol–water partition coefficient (Wildman–Crippen LogP) is 2.97. The summed E-state index contributed by atoms with van der Waals surface area (Å²) >= 11 is 0. The van der Waals surface area contributed by atoms with Crippen LogP contribution < -0.4 is 10.6 Å². The lowest BCUT2D eigenvalue weighted by Gasteiger charge is -2.25. The number of carbonyl (C=O) groups is 3. The van der Waals surface area contributed by atoms with Crippen LogP contribution >= 0.6 is 0 Å². The number of aliphatic hydroxyl groups excluding tert-OH is 2. The molecule has 3 aromatic carbocycles. The highest BCUT2D eigenvalue weighted by molar-refractivity contribution is 6.04. The first-order chi connectivity index (χ1) is 18.8. The Morgan fingerprint density at radius 2 is 1.46 bits per heavy atom. The molecule has 0 aromatic heterocycles. The standard InChI is InChI=1S/C31H34N2O6/c1-20(2)15-26(28(36)31(18-35)19-39-31)32-30(38)27(17-34)33-29(37)25-16-23(21-9-5-3-6-10-21)13-14-24(25)22-11-7-4-8-12-22/h3-14,16,20,26-27,34-35H,15,17-19H2,1-2H3,(H,32,38)(H,33,37). The zero-order chi connectivity index (χ0) is 28.0. The zero-order valence-electron chi connectivity index (χ0n) is 22.1. The summed E-state index contributed by atoms with van der Waals surface area (Å²) in [7, 11) is 0. The maximum atomic E-state index is 13.6. The molecule has 2 amide bonds. The molecule has 3 aromatic rings. The molecule has 0 saturated carbocycles. The highest BCUT2D eigenvalue weighted by atomic mass is 16.6. The zero-order valence-corrected chi connectivity index (χ0v) is 22.1. The Labute approximate surface area is 228 Å². The van der Waals surface area contributed by atoms with Crippen LogP contribution in [0.2, 0.25) is 0 Å². The van der Waals surface area contributed by atoms with Crippen LogP contribution in [-0.4, -0.2) is 65.3 Å². The Balaban J connectivity index is 1.59. The quantitative estimate of drug-likeness (QED) is 0.267. The number of ketones is 1. The van der Waals surface area contributed by atoms with E-state index >= 15 is 0 Å². The summed E-state index contributed by atoms with van der Waals surface area (Å²) in [5.74, 6) is -1.59. The third-order valence-electron chi connectivity index (χ3n) is 6.80. The van der Waals surface area contributed by atoms with E-state index in [2.05, 4.69) is 10.6 Å². The van der Waals surface area contributed by atoms with E-state index in [1.165, 1.54) is 0 Å². The van der Waals surface area contributed by atoms with Crippen LogP contribution in [0, 0.1) is 5.92 Å². The van der Waals surface area contributed by atoms with Gasteiger partial charge in [-0.05, 0) is 40.7 Å². The van der Waals surface area contributed by atoms with Gasteiger partial charge >= 0.3 is 0 Å². The fraction of sp³-hybridized carbons (Fsp3) is 0.323. The molecule has 1 saturated heterocycles. The number of benzene rings is 3. The average Bonchev–Trinajstić information content (AvgIpc) is 3.77. The number of ether oxygens (including phenoxy) is 1. The Kier molecular flexibility index (Phi) is 8.91. The van der Waals surface area contributed by atoms with Gasteiger partial charge in [-0.15, -0.1) is 0 Å².